The molecule has 0 radical (unpaired) electrons. The van der Waals surface area contributed by atoms with Crippen LogP contribution in [-0.2, 0) is 11.2 Å². The summed E-state index contributed by atoms with van der Waals surface area (Å²) in [5.41, 5.74) is 1.96. The van der Waals surface area contributed by atoms with E-state index in [1.54, 1.807) is 0 Å². The largest absolute Gasteiger partial charge is 0.481 e. The number of aromatic nitrogens is 4. The van der Waals surface area contributed by atoms with Gasteiger partial charge in [-0.25, -0.2) is 0 Å². The Balaban J connectivity index is 1.77. The Bertz CT molecular complexity index is 644. The van der Waals surface area contributed by atoms with Gasteiger partial charge in [0.25, 0.3) is 0 Å². The predicted molar refractivity (Wildman–Crippen MR) is 81.1 cm³/mol. The van der Waals surface area contributed by atoms with Crippen LogP contribution in [0.15, 0.2) is 24.3 Å². The number of rotatable bonds is 4. The summed E-state index contributed by atoms with van der Waals surface area (Å²) in [6.07, 6.45) is 2.24. The summed E-state index contributed by atoms with van der Waals surface area (Å²) >= 11 is 0. The maximum absolute atomic E-state index is 10.8. The third-order valence-corrected chi connectivity index (χ3v) is 4.09. The van der Waals surface area contributed by atoms with E-state index in [1.807, 2.05) is 24.3 Å². The third-order valence-electron chi connectivity index (χ3n) is 4.09. The third kappa shape index (κ3) is 3.08. The molecular formula is C15H19N5O2. The minimum atomic E-state index is -0.949. The number of nitrogens with zero attached hydrogens (tertiary/aromatic N) is 5. The molecule has 0 bridgehead atoms. The lowest BCUT2D eigenvalue weighted by atomic mass is 9.99. The molecule has 2 aromatic rings. The Morgan fingerprint density at radius 2 is 1.86 bits per heavy atom. The van der Waals surface area contributed by atoms with Crippen LogP contribution in [0.1, 0.15) is 25.6 Å². The normalized spacial score (nSPS) is 16.0. The second-order valence-corrected chi connectivity index (χ2v) is 5.76. The Hall–Kier alpha value is -2.44. The first-order valence-corrected chi connectivity index (χ1v) is 7.48. The van der Waals surface area contributed by atoms with Gasteiger partial charge in [-0.05, 0) is 53.5 Å². The van der Waals surface area contributed by atoms with Crippen molar-refractivity contribution >= 4 is 11.7 Å². The number of hydrogen-bond acceptors (Lipinski definition) is 5. The molecule has 22 heavy (non-hydrogen) atoms. The summed E-state index contributed by atoms with van der Waals surface area (Å²) in [4.78, 5) is 13.2. The summed E-state index contributed by atoms with van der Waals surface area (Å²) in [5.74, 6) is 0.178. The molecule has 1 aliphatic rings. The zero-order valence-corrected chi connectivity index (χ0v) is 12.5. The van der Waals surface area contributed by atoms with Gasteiger partial charge in [0.1, 0.15) is 6.42 Å². The SMILES string of the molecule is CC1CCN(c2ccc(-n3nnnc3CC(=O)O)cc2)CC1. The molecule has 116 valence electrons. The number of hydrogen-bond donors (Lipinski definition) is 1. The zero-order valence-electron chi connectivity index (χ0n) is 12.5. The highest BCUT2D eigenvalue weighted by molar-refractivity contribution is 5.69. The Morgan fingerprint density at radius 3 is 2.50 bits per heavy atom. The summed E-state index contributed by atoms with van der Waals surface area (Å²) in [6.45, 7) is 4.45. The molecule has 1 aromatic heterocycles. The second kappa shape index (κ2) is 6.13. The van der Waals surface area contributed by atoms with E-state index in [4.69, 9.17) is 5.11 Å². The van der Waals surface area contributed by atoms with Crippen molar-refractivity contribution in [3.8, 4) is 5.69 Å². The monoisotopic (exact) mass is 301 g/mol. The van der Waals surface area contributed by atoms with Crippen molar-refractivity contribution in [3.05, 3.63) is 30.1 Å². The standard InChI is InChI=1S/C15H19N5O2/c1-11-6-8-19(9-7-11)12-2-4-13(5-3-12)20-14(10-15(21)22)16-17-18-20/h2-5,11H,6-10H2,1H3,(H,21,22). The van der Waals surface area contributed by atoms with Crippen LogP contribution < -0.4 is 4.90 Å². The van der Waals surface area contributed by atoms with Crippen LogP contribution >= 0.6 is 0 Å². The number of carboxylic acids is 1. The Morgan fingerprint density at radius 1 is 1.23 bits per heavy atom. The number of carboxylic acid groups (broad SMARTS) is 1. The number of carbonyl (C=O) groups is 1. The van der Waals surface area contributed by atoms with Crippen LogP contribution in [0.25, 0.3) is 5.69 Å². The molecule has 1 N–H and O–H groups in total. The van der Waals surface area contributed by atoms with Crippen molar-refractivity contribution in [3.63, 3.8) is 0 Å². The van der Waals surface area contributed by atoms with E-state index in [2.05, 4.69) is 27.3 Å². The molecule has 0 atom stereocenters. The first kappa shape index (κ1) is 14.5. The summed E-state index contributed by atoms with van der Waals surface area (Å²) in [6, 6.07) is 7.93. The van der Waals surface area contributed by atoms with Gasteiger partial charge < -0.3 is 10.0 Å². The minimum Gasteiger partial charge on any atom is -0.481 e. The van der Waals surface area contributed by atoms with E-state index in [0.29, 0.717) is 5.82 Å². The minimum absolute atomic E-state index is 0.196. The van der Waals surface area contributed by atoms with E-state index in [1.165, 1.54) is 23.2 Å². The molecule has 3 rings (SSSR count). The zero-order chi connectivity index (χ0) is 15.5. The predicted octanol–water partition coefficient (Wildman–Crippen LogP) is 1.53. The van der Waals surface area contributed by atoms with Crippen molar-refractivity contribution in [2.45, 2.75) is 26.2 Å². The van der Waals surface area contributed by atoms with Gasteiger partial charge >= 0.3 is 5.97 Å². The fourth-order valence-corrected chi connectivity index (χ4v) is 2.72. The molecule has 7 heteroatoms. The van der Waals surface area contributed by atoms with Crippen molar-refractivity contribution in [2.24, 2.45) is 5.92 Å². The molecule has 0 spiro atoms. The molecule has 1 aliphatic heterocycles. The number of tetrazole rings is 1. The van der Waals surface area contributed by atoms with Gasteiger partial charge in [0.15, 0.2) is 5.82 Å². The first-order chi connectivity index (χ1) is 10.6. The highest BCUT2D eigenvalue weighted by Crippen LogP contribution is 2.24. The van der Waals surface area contributed by atoms with Gasteiger partial charge in [0, 0.05) is 18.8 Å². The van der Waals surface area contributed by atoms with Crippen molar-refractivity contribution in [1.82, 2.24) is 20.2 Å². The summed E-state index contributed by atoms with van der Waals surface area (Å²) in [5, 5.41) is 20.1. The second-order valence-electron chi connectivity index (χ2n) is 5.76. The molecule has 0 amide bonds. The fraction of sp³-hybridized carbons (Fsp3) is 0.467. The van der Waals surface area contributed by atoms with E-state index in [-0.39, 0.29) is 6.42 Å². The van der Waals surface area contributed by atoms with E-state index < -0.39 is 5.97 Å². The molecule has 1 aromatic carbocycles. The first-order valence-electron chi connectivity index (χ1n) is 7.48. The van der Waals surface area contributed by atoms with Gasteiger partial charge in [0.2, 0.25) is 0 Å². The van der Waals surface area contributed by atoms with Gasteiger partial charge in [-0.3, -0.25) is 4.79 Å². The number of anilines is 1. The average molecular weight is 301 g/mol. The highest BCUT2D eigenvalue weighted by Gasteiger charge is 2.16. The summed E-state index contributed by atoms with van der Waals surface area (Å²) in [7, 11) is 0. The Labute approximate surface area is 128 Å². The smallest absolute Gasteiger partial charge is 0.311 e. The number of aliphatic carboxylic acids is 1. The van der Waals surface area contributed by atoms with Crippen LogP contribution in [0.2, 0.25) is 0 Å². The highest BCUT2D eigenvalue weighted by atomic mass is 16.4. The Kier molecular flexibility index (Phi) is 4.04. The molecule has 0 aliphatic carbocycles. The van der Waals surface area contributed by atoms with Crippen molar-refractivity contribution in [1.29, 1.82) is 0 Å². The molecule has 1 saturated heterocycles. The lowest BCUT2D eigenvalue weighted by Crippen LogP contribution is -2.32. The van der Waals surface area contributed by atoms with Crippen molar-refractivity contribution < 1.29 is 9.90 Å². The van der Waals surface area contributed by atoms with Crippen molar-refractivity contribution in [2.75, 3.05) is 18.0 Å². The average Bonchev–Trinajstić information content (AvgIpc) is 2.95. The number of benzene rings is 1. The van der Waals surface area contributed by atoms with E-state index in [9.17, 15) is 4.79 Å². The quantitative estimate of drug-likeness (QED) is 0.922. The van der Waals surface area contributed by atoms with Gasteiger partial charge in [0.05, 0.1) is 5.69 Å². The molecular weight excluding hydrogens is 282 g/mol. The molecule has 7 nitrogen and oxygen atoms in total. The van der Waals surface area contributed by atoms with Crippen LogP contribution in [0.3, 0.4) is 0 Å². The van der Waals surface area contributed by atoms with Gasteiger partial charge in [-0.15, -0.1) is 5.10 Å². The molecule has 0 saturated carbocycles. The maximum Gasteiger partial charge on any atom is 0.311 e. The fourth-order valence-electron chi connectivity index (χ4n) is 2.72. The van der Waals surface area contributed by atoms with Crippen LogP contribution in [0, 0.1) is 5.92 Å². The topological polar surface area (TPSA) is 84.1 Å². The lowest BCUT2D eigenvalue weighted by Gasteiger charge is -2.32. The number of piperidine rings is 1. The summed E-state index contributed by atoms with van der Waals surface area (Å²) < 4.78 is 1.47. The lowest BCUT2D eigenvalue weighted by molar-refractivity contribution is -0.136. The maximum atomic E-state index is 10.8. The van der Waals surface area contributed by atoms with Gasteiger partial charge in [-0.1, -0.05) is 6.92 Å². The van der Waals surface area contributed by atoms with Crippen LogP contribution in [-0.4, -0.2) is 44.4 Å². The van der Waals surface area contributed by atoms with Crippen LogP contribution in [0.4, 0.5) is 5.69 Å². The molecule has 2 heterocycles. The van der Waals surface area contributed by atoms with E-state index >= 15 is 0 Å². The van der Waals surface area contributed by atoms with Gasteiger partial charge in [-0.2, -0.15) is 4.68 Å². The molecule has 1 fully saturated rings. The van der Waals surface area contributed by atoms with Crippen LogP contribution in [0.5, 0.6) is 0 Å². The van der Waals surface area contributed by atoms with E-state index in [0.717, 1.165) is 24.7 Å². The molecule has 0 unspecified atom stereocenters.